The van der Waals surface area contributed by atoms with E-state index in [9.17, 15) is 21.0 Å². The van der Waals surface area contributed by atoms with Gasteiger partial charge in [-0.05, 0) is 98.0 Å². The van der Waals surface area contributed by atoms with E-state index in [4.69, 9.17) is 30.4 Å². The molecular formula is C57H76N6O4S4. The highest BCUT2D eigenvalue weighted by atomic mass is 32.2. The van der Waals surface area contributed by atoms with Crippen LogP contribution >= 0.6 is 47.0 Å². The number of thioether (sulfide) groups is 2. The molecule has 4 aromatic carbocycles. The van der Waals surface area contributed by atoms with Gasteiger partial charge in [0.25, 0.3) is 0 Å². The van der Waals surface area contributed by atoms with Gasteiger partial charge in [-0.1, -0.05) is 136 Å². The number of nitrogen functional groups attached to an aromatic ring is 2. The summed E-state index contributed by atoms with van der Waals surface area (Å²) in [5.74, 6) is 5.47. The highest BCUT2D eigenvalue weighted by molar-refractivity contribution is 8.03. The van der Waals surface area contributed by atoms with Crippen molar-refractivity contribution < 1.29 is 18.9 Å². The van der Waals surface area contributed by atoms with Crippen LogP contribution in [0.4, 0.5) is 11.4 Å². The molecule has 0 saturated carbocycles. The number of hydrogen-bond acceptors (Lipinski definition) is 14. The van der Waals surface area contributed by atoms with Crippen molar-refractivity contribution in [2.75, 3.05) is 49.4 Å². The molecule has 0 bridgehead atoms. The lowest BCUT2D eigenvalue weighted by molar-refractivity contribution is 0.269. The van der Waals surface area contributed by atoms with E-state index in [0.717, 1.165) is 98.7 Å². The lowest BCUT2D eigenvalue weighted by Crippen LogP contribution is -2.09. The first kappa shape index (κ1) is 60.3. The first-order chi connectivity index (χ1) is 34.2. The van der Waals surface area contributed by atoms with E-state index in [0.29, 0.717) is 84.5 Å². The molecule has 0 saturated heterocycles. The highest BCUT2D eigenvalue weighted by Gasteiger charge is 2.30. The Morgan fingerprint density at radius 3 is 1.01 bits per heavy atom. The first-order valence-corrected chi connectivity index (χ1v) is 28.7. The van der Waals surface area contributed by atoms with Gasteiger partial charge in [0.1, 0.15) is 46.5 Å². The van der Waals surface area contributed by atoms with E-state index in [1.807, 2.05) is 48.5 Å². The largest absolute Gasteiger partial charge is 0.491 e. The molecule has 0 fully saturated rings. The first-order valence-electron chi connectivity index (χ1n) is 25.1. The fraction of sp³-hybridized carbons (Fsp3) is 0.509. The Hall–Kier alpha value is -4.96. The second-order valence-electron chi connectivity index (χ2n) is 18.7. The molecule has 0 amide bonds. The number of nitrogens with zero attached hydrogens (tertiary/aromatic N) is 4. The lowest BCUT2D eigenvalue weighted by Gasteiger charge is -2.22. The van der Waals surface area contributed by atoms with Gasteiger partial charge in [0.05, 0.1) is 46.0 Å². The van der Waals surface area contributed by atoms with Crippen LogP contribution in [0.1, 0.15) is 149 Å². The molecule has 4 aromatic rings. The van der Waals surface area contributed by atoms with Gasteiger partial charge in [-0.15, -0.1) is 23.5 Å². The molecule has 0 unspecified atom stereocenters. The standard InChI is InChI=1S/C29H39N3O2S2.C28H37N3O2S2/c1-6-7-10-17-35-28-26(33-15-13-20(2)3)22(18-30)23(19-31)27(34-16-14-21(4)5)29(28)36-25-12-9-8-11-24(25)32;1-6-7-16-34-27-25(32-14-12-19(2)3)21(17-29)22(18-30)26(33-15-13-20(4)5)28(27)35-24-11-9-8-10-23(24)31/h8-9,11-12,20-21H,6-7,10,13-17,32H2,1-5H3;8-11,19-20H,6-7,12-16,31H2,1-5H3. The Kier molecular flexibility index (Phi) is 28.0. The monoisotopic (exact) mass is 1040 g/mol. The quantitative estimate of drug-likeness (QED) is 0.0297. The summed E-state index contributed by atoms with van der Waals surface area (Å²) >= 11 is 6.29. The number of ether oxygens (including phenoxy) is 4. The Bertz CT molecular complexity index is 2470. The number of benzene rings is 4. The van der Waals surface area contributed by atoms with Crippen LogP contribution in [-0.2, 0) is 0 Å². The van der Waals surface area contributed by atoms with Crippen molar-refractivity contribution in [3.05, 3.63) is 70.8 Å². The van der Waals surface area contributed by atoms with Gasteiger partial charge in [-0.25, -0.2) is 0 Å². The Balaban J connectivity index is 0.000000375. The van der Waals surface area contributed by atoms with Crippen LogP contribution < -0.4 is 30.4 Å². The highest BCUT2D eigenvalue weighted by Crippen LogP contribution is 2.53. The van der Waals surface area contributed by atoms with Crippen molar-refractivity contribution in [1.82, 2.24) is 0 Å². The molecule has 4 rings (SSSR count). The van der Waals surface area contributed by atoms with Gasteiger partial charge in [0, 0.05) is 21.2 Å². The molecule has 4 N–H and O–H groups in total. The van der Waals surface area contributed by atoms with Gasteiger partial charge in [0.15, 0.2) is 23.0 Å². The third-order valence-corrected chi connectivity index (χ3v) is 15.8. The van der Waals surface area contributed by atoms with Crippen molar-refractivity contribution >= 4 is 58.4 Å². The summed E-state index contributed by atoms with van der Waals surface area (Å²) in [6.45, 7) is 23.3. The molecular weight excluding hydrogens is 961 g/mol. The molecule has 0 aliphatic heterocycles. The molecule has 0 atom stereocenters. The topological polar surface area (TPSA) is 184 Å². The molecule has 10 nitrogen and oxygen atoms in total. The SMILES string of the molecule is CCCCCSc1c(OCCC(C)C)c(C#N)c(C#N)c(OCCC(C)C)c1Sc1ccccc1N.CCCCSc1c(OCCC(C)C)c(C#N)c(C#N)c(OCCC(C)C)c1Sc1ccccc1N. The number of para-hydroxylation sites is 2. The van der Waals surface area contributed by atoms with E-state index < -0.39 is 0 Å². The predicted octanol–water partition coefficient (Wildman–Crippen LogP) is 16.2. The summed E-state index contributed by atoms with van der Waals surface area (Å²) in [4.78, 5) is 5.06. The van der Waals surface area contributed by atoms with Crippen LogP contribution in [0.5, 0.6) is 23.0 Å². The maximum atomic E-state index is 10.2. The van der Waals surface area contributed by atoms with Crippen LogP contribution in [0.3, 0.4) is 0 Å². The summed E-state index contributed by atoms with van der Waals surface area (Å²) in [6, 6.07) is 24.4. The third kappa shape index (κ3) is 19.2. The molecule has 0 spiro atoms. The van der Waals surface area contributed by atoms with E-state index in [-0.39, 0.29) is 22.3 Å². The Labute approximate surface area is 443 Å². The predicted molar refractivity (Wildman–Crippen MR) is 297 cm³/mol. The van der Waals surface area contributed by atoms with Crippen molar-refractivity contribution in [3.8, 4) is 47.3 Å². The average Bonchev–Trinajstić information content (AvgIpc) is 3.33. The average molecular weight is 1040 g/mol. The van der Waals surface area contributed by atoms with Crippen LogP contribution in [0.15, 0.2) is 77.9 Å². The molecule has 0 aromatic heterocycles. The summed E-state index contributed by atoms with van der Waals surface area (Å²) in [6.07, 6.45) is 8.79. The van der Waals surface area contributed by atoms with E-state index in [1.54, 1.807) is 23.5 Å². The van der Waals surface area contributed by atoms with E-state index in [1.165, 1.54) is 23.5 Å². The van der Waals surface area contributed by atoms with Crippen LogP contribution in [0.2, 0.25) is 0 Å². The van der Waals surface area contributed by atoms with Gasteiger partial charge in [-0.2, -0.15) is 21.0 Å². The number of hydrogen-bond donors (Lipinski definition) is 2. The number of nitrogens with two attached hydrogens (primary N) is 2. The van der Waals surface area contributed by atoms with Gasteiger partial charge >= 0.3 is 0 Å². The number of nitriles is 4. The fourth-order valence-corrected chi connectivity index (χ4v) is 11.4. The second kappa shape index (κ2) is 32.9. The van der Waals surface area contributed by atoms with Crippen LogP contribution in [-0.4, -0.2) is 37.9 Å². The lowest BCUT2D eigenvalue weighted by atomic mass is 10.1. The minimum atomic E-state index is 0.229. The maximum Gasteiger partial charge on any atom is 0.153 e. The van der Waals surface area contributed by atoms with Crippen LogP contribution in [0.25, 0.3) is 0 Å². The molecule has 14 heteroatoms. The summed E-state index contributed by atoms with van der Waals surface area (Å²) < 4.78 is 25.1. The molecule has 0 heterocycles. The zero-order chi connectivity index (χ0) is 52.3. The van der Waals surface area contributed by atoms with E-state index in [2.05, 4.69) is 93.5 Å². The number of rotatable bonds is 29. The summed E-state index contributed by atoms with van der Waals surface area (Å²) in [7, 11) is 0. The van der Waals surface area contributed by atoms with Crippen molar-refractivity contribution in [3.63, 3.8) is 0 Å². The summed E-state index contributed by atoms with van der Waals surface area (Å²) in [5, 5.41) is 40.6. The maximum absolute atomic E-state index is 10.2. The minimum absolute atomic E-state index is 0.229. The fourth-order valence-electron chi connectivity index (χ4n) is 6.54. The third-order valence-electron chi connectivity index (χ3n) is 10.9. The molecule has 0 aliphatic carbocycles. The molecule has 382 valence electrons. The molecule has 0 radical (unpaired) electrons. The van der Waals surface area contributed by atoms with Crippen molar-refractivity contribution in [1.29, 1.82) is 21.0 Å². The normalized spacial score (nSPS) is 10.9. The van der Waals surface area contributed by atoms with Crippen LogP contribution in [0, 0.1) is 69.0 Å². The zero-order valence-corrected chi connectivity index (χ0v) is 47.0. The second-order valence-corrected chi connectivity index (χ2v) is 23.1. The minimum Gasteiger partial charge on any atom is -0.491 e. The van der Waals surface area contributed by atoms with Gasteiger partial charge < -0.3 is 30.4 Å². The number of anilines is 2. The molecule has 0 aliphatic rings. The van der Waals surface area contributed by atoms with Gasteiger partial charge in [0.2, 0.25) is 0 Å². The van der Waals surface area contributed by atoms with Crippen molar-refractivity contribution in [2.24, 2.45) is 23.7 Å². The molecule has 71 heavy (non-hydrogen) atoms. The number of unbranched alkanes of at least 4 members (excludes halogenated alkanes) is 3. The van der Waals surface area contributed by atoms with E-state index >= 15 is 0 Å². The Morgan fingerprint density at radius 1 is 0.437 bits per heavy atom. The zero-order valence-electron chi connectivity index (χ0n) is 43.7. The summed E-state index contributed by atoms with van der Waals surface area (Å²) in [5.41, 5.74) is 14.9. The smallest absolute Gasteiger partial charge is 0.153 e. The van der Waals surface area contributed by atoms with Crippen molar-refractivity contribution in [2.45, 2.75) is 156 Å². The Morgan fingerprint density at radius 2 is 0.732 bits per heavy atom. The van der Waals surface area contributed by atoms with Gasteiger partial charge in [-0.3, -0.25) is 0 Å².